The minimum absolute atomic E-state index is 0.0727. The summed E-state index contributed by atoms with van der Waals surface area (Å²) in [4.78, 5) is 27.0. The van der Waals surface area contributed by atoms with Gasteiger partial charge in [0.25, 0.3) is 5.91 Å². The Hall–Kier alpha value is -2.77. The van der Waals surface area contributed by atoms with E-state index in [9.17, 15) is 4.79 Å². The molecule has 150 valence electrons. The van der Waals surface area contributed by atoms with Gasteiger partial charge in [0, 0.05) is 19.3 Å². The number of amides is 1. The van der Waals surface area contributed by atoms with Crippen molar-refractivity contribution in [3.05, 3.63) is 59.0 Å². The molecule has 0 saturated heterocycles. The Morgan fingerprint density at radius 1 is 1.10 bits per heavy atom. The molecule has 0 N–H and O–H groups in total. The maximum Gasteiger partial charge on any atom is 0.279 e. The van der Waals surface area contributed by atoms with Crippen molar-refractivity contribution >= 4 is 38.2 Å². The van der Waals surface area contributed by atoms with Crippen LogP contribution in [0.2, 0.25) is 0 Å². The number of aryl methyl sites for hydroxylation is 3. The lowest BCUT2D eigenvalue weighted by Crippen LogP contribution is -2.37. The molecule has 0 radical (unpaired) electrons. The third-order valence-electron chi connectivity index (χ3n) is 4.96. The summed E-state index contributed by atoms with van der Waals surface area (Å²) in [6.45, 7) is 7.36. The number of carbonyl (C=O) groups excluding carboxylic acids is 1. The summed E-state index contributed by atoms with van der Waals surface area (Å²) < 4.78 is 2.99. The summed E-state index contributed by atoms with van der Waals surface area (Å²) >= 11 is 1.58. The van der Waals surface area contributed by atoms with Gasteiger partial charge in [0.1, 0.15) is 11.3 Å². The molecule has 29 heavy (non-hydrogen) atoms. The smallest absolute Gasteiger partial charge is 0.279 e. The maximum absolute atomic E-state index is 13.7. The van der Waals surface area contributed by atoms with E-state index in [1.165, 1.54) is 11.1 Å². The van der Waals surface area contributed by atoms with E-state index in [1.807, 2.05) is 49.8 Å². The Kier molecular flexibility index (Phi) is 5.10. The van der Waals surface area contributed by atoms with E-state index in [2.05, 4.69) is 35.9 Å². The highest BCUT2D eigenvalue weighted by Gasteiger charge is 2.26. The van der Waals surface area contributed by atoms with E-state index in [0.717, 1.165) is 33.2 Å². The van der Waals surface area contributed by atoms with Gasteiger partial charge in [0.2, 0.25) is 0 Å². The molecule has 1 amide bonds. The van der Waals surface area contributed by atoms with Crippen molar-refractivity contribution in [2.24, 2.45) is 0 Å². The van der Waals surface area contributed by atoms with Crippen LogP contribution in [0, 0.1) is 20.8 Å². The Morgan fingerprint density at radius 2 is 1.90 bits per heavy atom. The van der Waals surface area contributed by atoms with Crippen molar-refractivity contribution < 1.29 is 4.79 Å². The first-order valence-electron chi connectivity index (χ1n) is 9.63. The summed E-state index contributed by atoms with van der Waals surface area (Å²) in [6.07, 6.45) is 1.89. The van der Waals surface area contributed by atoms with Crippen molar-refractivity contribution in [1.29, 1.82) is 0 Å². The Balaban J connectivity index is 1.82. The molecule has 4 rings (SSSR count). The third-order valence-corrected chi connectivity index (χ3v) is 6.19. The lowest BCUT2D eigenvalue weighted by atomic mass is 10.1. The SMILES string of the molecule is Cc1cc(C)c2sc(N(CCN(C)C)C(=O)c3c(C)nc4ccccn34)nc2c1. The Morgan fingerprint density at radius 3 is 2.66 bits per heavy atom. The van der Waals surface area contributed by atoms with Crippen molar-refractivity contribution in [3.63, 3.8) is 0 Å². The first-order valence-corrected chi connectivity index (χ1v) is 10.4. The van der Waals surface area contributed by atoms with Gasteiger partial charge >= 0.3 is 0 Å². The van der Waals surface area contributed by atoms with Crippen LogP contribution in [0.25, 0.3) is 15.9 Å². The van der Waals surface area contributed by atoms with E-state index in [0.29, 0.717) is 12.2 Å². The van der Waals surface area contributed by atoms with Gasteiger partial charge in [-0.05, 0) is 64.2 Å². The van der Waals surface area contributed by atoms with Gasteiger partial charge in [-0.3, -0.25) is 14.1 Å². The molecule has 7 heteroatoms. The molecule has 0 saturated carbocycles. The summed E-state index contributed by atoms with van der Waals surface area (Å²) in [5, 5.41) is 0.728. The molecule has 0 unspecified atom stereocenters. The number of hydrogen-bond acceptors (Lipinski definition) is 5. The highest BCUT2D eigenvalue weighted by molar-refractivity contribution is 7.22. The lowest BCUT2D eigenvalue weighted by Gasteiger charge is -2.22. The highest BCUT2D eigenvalue weighted by Crippen LogP contribution is 2.33. The van der Waals surface area contributed by atoms with Crippen LogP contribution in [0.4, 0.5) is 5.13 Å². The normalized spacial score (nSPS) is 11.7. The monoisotopic (exact) mass is 407 g/mol. The first-order chi connectivity index (χ1) is 13.8. The summed E-state index contributed by atoms with van der Waals surface area (Å²) in [5.74, 6) is -0.0727. The fourth-order valence-corrected chi connectivity index (χ4v) is 4.60. The zero-order valence-corrected chi connectivity index (χ0v) is 18.2. The molecule has 0 bridgehead atoms. The fourth-order valence-electron chi connectivity index (χ4n) is 3.56. The van der Waals surface area contributed by atoms with Crippen LogP contribution in [0.3, 0.4) is 0 Å². The second-order valence-electron chi connectivity index (χ2n) is 7.66. The van der Waals surface area contributed by atoms with Gasteiger partial charge in [-0.25, -0.2) is 9.97 Å². The molecule has 3 aromatic heterocycles. The Bertz CT molecular complexity index is 1210. The van der Waals surface area contributed by atoms with Crippen molar-refractivity contribution in [3.8, 4) is 0 Å². The van der Waals surface area contributed by atoms with Crippen LogP contribution in [-0.4, -0.2) is 52.4 Å². The van der Waals surface area contributed by atoms with Gasteiger partial charge in [0.15, 0.2) is 5.13 Å². The molecule has 0 spiro atoms. The molecule has 0 aliphatic rings. The van der Waals surface area contributed by atoms with Crippen LogP contribution in [-0.2, 0) is 0 Å². The van der Waals surface area contributed by atoms with Crippen LogP contribution >= 0.6 is 11.3 Å². The molecule has 4 aromatic rings. The zero-order chi connectivity index (χ0) is 20.7. The number of benzene rings is 1. The molecule has 0 aliphatic heterocycles. The molecule has 0 fully saturated rings. The van der Waals surface area contributed by atoms with Crippen LogP contribution in [0.15, 0.2) is 36.5 Å². The topological polar surface area (TPSA) is 53.7 Å². The number of rotatable bonds is 5. The van der Waals surface area contributed by atoms with Crippen LogP contribution in [0.5, 0.6) is 0 Å². The number of pyridine rings is 1. The first kappa shape index (κ1) is 19.5. The largest absolute Gasteiger partial charge is 0.308 e. The van der Waals surface area contributed by atoms with Crippen molar-refractivity contribution in [2.75, 3.05) is 32.1 Å². The summed E-state index contributed by atoms with van der Waals surface area (Å²) in [6, 6.07) is 10.00. The van der Waals surface area contributed by atoms with Crippen molar-refractivity contribution in [2.45, 2.75) is 20.8 Å². The number of anilines is 1. The second kappa shape index (κ2) is 7.57. The maximum atomic E-state index is 13.7. The van der Waals surface area contributed by atoms with Gasteiger partial charge < -0.3 is 4.90 Å². The van der Waals surface area contributed by atoms with Gasteiger partial charge in [0.05, 0.1) is 15.9 Å². The molecular weight excluding hydrogens is 382 g/mol. The highest BCUT2D eigenvalue weighted by atomic mass is 32.1. The zero-order valence-electron chi connectivity index (χ0n) is 17.4. The van der Waals surface area contributed by atoms with Crippen LogP contribution in [0.1, 0.15) is 27.3 Å². The summed E-state index contributed by atoms with van der Waals surface area (Å²) in [7, 11) is 4.02. The quantitative estimate of drug-likeness (QED) is 0.500. The number of carbonyl (C=O) groups is 1. The van der Waals surface area contributed by atoms with Gasteiger partial charge in [-0.1, -0.05) is 23.5 Å². The molecule has 0 aliphatic carbocycles. The number of aromatic nitrogens is 3. The molecule has 0 atom stereocenters. The van der Waals surface area contributed by atoms with E-state index < -0.39 is 0 Å². The lowest BCUT2D eigenvalue weighted by molar-refractivity contribution is 0.0979. The third kappa shape index (κ3) is 3.63. The molecule has 1 aromatic carbocycles. The molecule has 6 nitrogen and oxygen atoms in total. The number of hydrogen-bond donors (Lipinski definition) is 0. The average molecular weight is 408 g/mol. The number of likely N-dealkylation sites (N-methyl/N-ethyl adjacent to an activating group) is 1. The van der Waals surface area contributed by atoms with Gasteiger partial charge in [-0.15, -0.1) is 0 Å². The molecule has 3 heterocycles. The number of imidazole rings is 1. The second-order valence-corrected chi connectivity index (χ2v) is 8.64. The number of thiazole rings is 1. The minimum atomic E-state index is -0.0727. The predicted octanol–water partition coefficient (Wildman–Crippen LogP) is 4.08. The fraction of sp³-hybridized carbons (Fsp3) is 0.318. The average Bonchev–Trinajstić information content (AvgIpc) is 3.21. The number of nitrogens with zero attached hydrogens (tertiary/aromatic N) is 5. The Labute approximate surface area is 174 Å². The van der Waals surface area contributed by atoms with E-state index in [-0.39, 0.29) is 5.91 Å². The summed E-state index contributed by atoms with van der Waals surface area (Å²) in [5.41, 5.74) is 5.40. The number of fused-ring (bicyclic) bond motifs is 2. The minimum Gasteiger partial charge on any atom is -0.308 e. The predicted molar refractivity (Wildman–Crippen MR) is 119 cm³/mol. The van der Waals surface area contributed by atoms with Crippen LogP contribution < -0.4 is 4.90 Å². The van der Waals surface area contributed by atoms with Crippen molar-refractivity contribution in [1.82, 2.24) is 19.3 Å². The van der Waals surface area contributed by atoms with Gasteiger partial charge in [-0.2, -0.15) is 0 Å². The van der Waals surface area contributed by atoms with E-state index in [4.69, 9.17) is 4.98 Å². The van der Waals surface area contributed by atoms with E-state index in [1.54, 1.807) is 16.2 Å². The molecular formula is C22H25N5OS. The van der Waals surface area contributed by atoms with E-state index >= 15 is 0 Å². The standard InChI is InChI=1S/C22H25N5OS/c1-14-12-15(2)20-17(13-14)24-22(29-20)27(11-10-25(4)5)21(28)19-16(3)23-18-8-6-7-9-26(18)19/h6-9,12-13H,10-11H2,1-5H3.